The highest BCUT2D eigenvalue weighted by Crippen LogP contribution is 2.49. The topological polar surface area (TPSA) is 133 Å². The average molecular weight is 656 g/mol. The van der Waals surface area contributed by atoms with E-state index in [9.17, 15) is 18.3 Å². The molecule has 2 bridgehead atoms. The van der Waals surface area contributed by atoms with Crippen LogP contribution in [0.15, 0.2) is 30.6 Å². The van der Waals surface area contributed by atoms with Crippen molar-refractivity contribution in [2.24, 2.45) is 11.7 Å². The number of nitrogens with one attached hydrogen (secondary N) is 2. The van der Waals surface area contributed by atoms with Gasteiger partial charge in [0.25, 0.3) is 0 Å². The molecule has 1 saturated carbocycles. The summed E-state index contributed by atoms with van der Waals surface area (Å²) >= 11 is 5.97. The normalized spacial score (nSPS) is 28.8. The second-order valence-corrected chi connectivity index (χ2v) is 14.8. The molecule has 13 heteroatoms. The van der Waals surface area contributed by atoms with Crippen molar-refractivity contribution in [3.05, 3.63) is 58.4 Å². The molecule has 244 valence electrons. The summed E-state index contributed by atoms with van der Waals surface area (Å²) in [5.74, 6) is -1.82. The highest BCUT2D eigenvalue weighted by molar-refractivity contribution is 8.22. The van der Waals surface area contributed by atoms with E-state index < -0.39 is 40.3 Å². The number of piperazine rings is 1. The van der Waals surface area contributed by atoms with Gasteiger partial charge in [-0.05, 0) is 81.9 Å². The van der Waals surface area contributed by atoms with Crippen molar-refractivity contribution in [1.82, 2.24) is 14.6 Å². The quantitative estimate of drug-likeness (QED) is 0.221. The maximum Gasteiger partial charge on any atom is 0.241 e. The van der Waals surface area contributed by atoms with Crippen LogP contribution in [0.2, 0.25) is 5.02 Å². The second-order valence-electron chi connectivity index (χ2n) is 12.2. The number of amides is 1. The van der Waals surface area contributed by atoms with Crippen molar-refractivity contribution in [2.75, 3.05) is 30.8 Å². The van der Waals surface area contributed by atoms with Crippen LogP contribution < -0.4 is 16.4 Å². The highest BCUT2D eigenvalue weighted by Gasteiger charge is 2.39. The number of pyridine rings is 1. The van der Waals surface area contributed by atoms with Gasteiger partial charge in [-0.2, -0.15) is 0 Å². The number of hydrogen-bond acceptors (Lipinski definition) is 8. The minimum absolute atomic E-state index is 0.00819. The molecule has 5 rings (SSSR count). The average Bonchev–Trinajstić information content (AvgIpc) is 3.11. The third-order valence-corrected chi connectivity index (χ3v) is 11.8. The maximum absolute atomic E-state index is 15.2. The van der Waals surface area contributed by atoms with Crippen molar-refractivity contribution in [3.63, 3.8) is 0 Å². The first kappa shape index (κ1) is 33.5. The van der Waals surface area contributed by atoms with Crippen LogP contribution >= 0.6 is 22.4 Å². The number of carbonyl (C=O) groups excluding carboxylic acids is 1. The van der Waals surface area contributed by atoms with Gasteiger partial charge in [-0.15, -0.1) is 10.8 Å². The molecule has 3 aliphatic rings. The third kappa shape index (κ3) is 7.72. The van der Waals surface area contributed by atoms with Crippen LogP contribution in [0.1, 0.15) is 68.9 Å². The number of carbonyl (C=O) groups is 1. The van der Waals surface area contributed by atoms with Crippen molar-refractivity contribution >= 4 is 34.0 Å². The van der Waals surface area contributed by atoms with E-state index in [2.05, 4.69) is 15.6 Å². The van der Waals surface area contributed by atoms with Crippen LogP contribution in [-0.2, 0) is 16.0 Å². The Kier molecular flexibility index (Phi) is 11.2. The lowest BCUT2D eigenvalue weighted by Crippen LogP contribution is -2.55. The second kappa shape index (κ2) is 14.7. The molecule has 9 nitrogen and oxygen atoms in total. The summed E-state index contributed by atoms with van der Waals surface area (Å²) in [5.41, 5.74) is 7.74. The zero-order chi connectivity index (χ0) is 31.4. The minimum Gasteiger partial charge on any atom is -0.379 e. The monoisotopic (exact) mass is 655 g/mol. The van der Waals surface area contributed by atoms with Crippen LogP contribution in [0.3, 0.4) is 0 Å². The number of hydrogen-bond donors (Lipinski definition) is 5. The van der Waals surface area contributed by atoms with Gasteiger partial charge in [0, 0.05) is 43.3 Å². The summed E-state index contributed by atoms with van der Waals surface area (Å²) in [6.45, 7) is 3.68. The van der Waals surface area contributed by atoms with Crippen LogP contribution in [0.4, 0.5) is 14.5 Å². The van der Waals surface area contributed by atoms with E-state index in [1.807, 2.05) is 6.92 Å². The molecule has 3 heterocycles. The van der Waals surface area contributed by atoms with Gasteiger partial charge in [0.1, 0.15) is 11.6 Å². The first-order valence-electron chi connectivity index (χ1n) is 15.6. The fourth-order valence-electron chi connectivity index (χ4n) is 7.13. The smallest absolute Gasteiger partial charge is 0.241 e. The molecule has 2 saturated heterocycles. The van der Waals surface area contributed by atoms with Crippen molar-refractivity contribution in [3.8, 4) is 0 Å². The first-order chi connectivity index (χ1) is 21.1. The largest absolute Gasteiger partial charge is 0.379 e. The minimum atomic E-state index is -2.90. The molecule has 1 amide bonds. The zero-order valence-electron chi connectivity index (χ0n) is 25.1. The molecule has 44 heavy (non-hydrogen) atoms. The van der Waals surface area contributed by atoms with E-state index in [4.69, 9.17) is 22.1 Å². The number of halogens is 3. The molecule has 5 atom stereocenters. The molecule has 1 aliphatic carbocycles. The van der Waals surface area contributed by atoms with Gasteiger partial charge in [-0.3, -0.25) is 18.9 Å². The molecule has 6 N–H and O–H groups in total. The molecule has 2 aliphatic heterocycles. The van der Waals surface area contributed by atoms with Crippen LogP contribution in [0, 0.1) is 17.6 Å². The molecule has 3 fully saturated rings. The van der Waals surface area contributed by atoms with Crippen molar-refractivity contribution in [2.45, 2.75) is 88.4 Å². The van der Waals surface area contributed by atoms with Crippen molar-refractivity contribution in [1.29, 1.82) is 0 Å². The molecule has 1 aromatic carbocycles. The lowest BCUT2D eigenvalue weighted by atomic mass is 9.72. The number of benzene rings is 1. The number of rotatable bonds is 10. The van der Waals surface area contributed by atoms with Gasteiger partial charge < -0.3 is 21.1 Å². The molecule has 1 unspecified atom stereocenters. The van der Waals surface area contributed by atoms with E-state index in [0.717, 1.165) is 44.7 Å². The summed E-state index contributed by atoms with van der Waals surface area (Å²) in [5, 5.41) is 6.29. The van der Waals surface area contributed by atoms with Gasteiger partial charge in [-0.25, -0.2) is 13.1 Å². The fourth-order valence-corrected chi connectivity index (χ4v) is 9.11. The molecule has 0 spiro atoms. The summed E-state index contributed by atoms with van der Waals surface area (Å²) in [6, 6.07) is 3.48. The van der Waals surface area contributed by atoms with E-state index >= 15 is 4.39 Å². The molecular weight excluding hydrogens is 612 g/mol. The van der Waals surface area contributed by atoms with E-state index in [1.165, 1.54) is 18.3 Å². The maximum atomic E-state index is 15.2. The SMILES string of the molecule is CCOC1CCC([C@H](c2ccc(Cl)c(F)c2)[C@H](N)C(=O)Nc2cncc(F)c2CC[C@H]2CN[C@@H]3CCCS(O)(O)N2C3)CC1. The Bertz CT molecular complexity index is 1300. The van der Waals surface area contributed by atoms with Gasteiger partial charge in [0.05, 0.1) is 41.0 Å². The molecular formula is C31H44ClF2N5O4S. The van der Waals surface area contributed by atoms with E-state index in [1.54, 1.807) is 10.4 Å². The Morgan fingerprint density at radius 2 is 2.00 bits per heavy atom. The number of aromatic nitrogens is 1. The Morgan fingerprint density at radius 1 is 1.23 bits per heavy atom. The lowest BCUT2D eigenvalue weighted by molar-refractivity contribution is -0.118. The van der Waals surface area contributed by atoms with E-state index in [0.29, 0.717) is 37.4 Å². The molecule has 1 aromatic heterocycles. The number of nitrogens with zero attached hydrogens (tertiary/aromatic N) is 2. The Hall–Kier alpha value is -1.90. The standard InChI is InChI=1S/C31H44ClF2N5O4S/c1-2-43-23-9-5-19(6-10-23)29(20-7-12-25(32)26(33)14-20)30(35)31(40)38-28-17-36-16-27(34)24(28)11-8-22-15-37-21-4-3-13-44(41,42)39(22)18-21/h7,12,14,16-17,19,21-23,29-30,37,41-42H,2-6,8-11,13,15,18,35H2,1H3,(H,38,40)/t19?,21-,22+,23?,29-,30+/m1/s1. The van der Waals surface area contributed by atoms with Gasteiger partial charge in [-0.1, -0.05) is 17.7 Å². The molecule has 2 aromatic rings. The summed E-state index contributed by atoms with van der Waals surface area (Å²) < 4.78 is 58.9. The highest BCUT2D eigenvalue weighted by atomic mass is 35.5. The summed E-state index contributed by atoms with van der Waals surface area (Å²) in [4.78, 5) is 17.7. The fraction of sp³-hybridized carbons (Fsp3) is 0.613. The predicted molar refractivity (Wildman–Crippen MR) is 170 cm³/mol. The van der Waals surface area contributed by atoms with Crippen LogP contribution in [-0.4, -0.2) is 74.0 Å². The number of ether oxygens (including phenoxy) is 1. The lowest BCUT2D eigenvalue weighted by Gasteiger charge is -2.49. The zero-order valence-corrected chi connectivity index (χ0v) is 26.6. The van der Waals surface area contributed by atoms with Crippen LogP contribution in [0.5, 0.6) is 0 Å². The number of nitrogens with two attached hydrogens (primary N) is 1. The Labute approximate surface area is 264 Å². The van der Waals surface area contributed by atoms with E-state index in [-0.39, 0.29) is 46.8 Å². The summed E-state index contributed by atoms with van der Waals surface area (Å²) in [7, 11) is -2.90. The summed E-state index contributed by atoms with van der Waals surface area (Å²) in [6.07, 6.45) is 8.12. The predicted octanol–water partition coefficient (Wildman–Crippen LogP) is 5.69. The van der Waals surface area contributed by atoms with Gasteiger partial charge >= 0.3 is 0 Å². The van der Waals surface area contributed by atoms with Gasteiger partial charge in [0.15, 0.2) is 0 Å². The Morgan fingerprint density at radius 3 is 2.73 bits per heavy atom. The van der Waals surface area contributed by atoms with Gasteiger partial charge in [0.2, 0.25) is 5.91 Å². The molecule has 0 radical (unpaired) electrons. The third-order valence-electron chi connectivity index (χ3n) is 9.43. The first-order valence-corrected chi connectivity index (χ1v) is 17.6. The number of anilines is 1. The Balaban J connectivity index is 1.32. The van der Waals surface area contributed by atoms with Crippen LogP contribution in [0.25, 0.3) is 0 Å². The van der Waals surface area contributed by atoms with Crippen molar-refractivity contribution < 1.29 is 27.4 Å². The number of fused-ring (bicyclic) bond motifs is 2.